The van der Waals surface area contributed by atoms with Crippen molar-refractivity contribution in [1.82, 2.24) is 20.5 Å². The number of ether oxygens (including phenoxy) is 3. The summed E-state index contributed by atoms with van der Waals surface area (Å²) >= 11 is 0. The van der Waals surface area contributed by atoms with Gasteiger partial charge in [0.25, 0.3) is 0 Å². The maximum absolute atomic E-state index is 5.71. The second-order valence-electron chi connectivity index (χ2n) is 7.55. The summed E-state index contributed by atoms with van der Waals surface area (Å²) in [5, 5.41) is 6.86. The number of nitrogens with zero attached hydrogens (tertiary/aromatic N) is 3. The zero-order chi connectivity index (χ0) is 20.9. The van der Waals surface area contributed by atoms with Crippen molar-refractivity contribution in [2.45, 2.75) is 32.9 Å². The van der Waals surface area contributed by atoms with Crippen molar-refractivity contribution in [3.63, 3.8) is 0 Å². The van der Waals surface area contributed by atoms with Crippen molar-refractivity contribution in [2.24, 2.45) is 10.9 Å². The van der Waals surface area contributed by atoms with Crippen molar-refractivity contribution in [1.29, 1.82) is 0 Å². The van der Waals surface area contributed by atoms with Crippen molar-refractivity contribution in [3.05, 3.63) is 23.9 Å². The maximum Gasteiger partial charge on any atom is 0.218 e. The van der Waals surface area contributed by atoms with E-state index in [1.807, 2.05) is 12.1 Å². The molecule has 0 radical (unpaired) electrons. The van der Waals surface area contributed by atoms with Crippen molar-refractivity contribution < 1.29 is 14.2 Å². The van der Waals surface area contributed by atoms with Crippen LogP contribution < -0.4 is 15.4 Å². The molecule has 2 rings (SSSR count). The molecule has 8 heteroatoms. The second kappa shape index (κ2) is 13.3. The Hall–Kier alpha value is -1.90. The lowest BCUT2D eigenvalue weighted by Gasteiger charge is -2.35. The topological polar surface area (TPSA) is 80.2 Å². The minimum Gasteiger partial charge on any atom is -0.475 e. The highest BCUT2D eigenvalue weighted by Crippen LogP contribution is 2.14. The Labute approximate surface area is 175 Å². The van der Waals surface area contributed by atoms with E-state index in [0.717, 1.165) is 50.8 Å². The van der Waals surface area contributed by atoms with Crippen LogP contribution in [-0.2, 0) is 16.0 Å². The van der Waals surface area contributed by atoms with Gasteiger partial charge in [-0.1, -0.05) is 19.9 Å². The molecule has 0 aliphatic carbocycles. The van der Waals surface area contributed by atoms with Gasteiger partial charge in [0, 0.05) is 58.1 Å². The molecular formula is C21H37N5O3. The molecule has 29 heavy (non-hydrogen) atoms. The molecule has 1 unspecified atom stereocenters. The zero-order valence-electron chi connectivity index (χ0n) is 18.3. The standard InChI is InChI=1S/C21H37N5O3/c1-17(2)14-19(26-8-10-28-11-9-26)16-25-21(22-3)24-15-18-6-5-7-23-20(18)29-13-12-27-4/h5-7,17,19H,8-16H2,1-4H3,(H2,22,24,25). The average molecular weight is 408 g/mol. The summed E-state index contributed by atoms with van der Waals surface area (Å²) in [6.45, 7) is 10.6. The van der Waals surface area contributed by atoms with Crippen LogP contribution in [0.1, 0.15) is 25.8 Å². The van der Waals surface area contributed by atoms with Gasteiger partial charge in [-0.05, 0) is 18.4 Å². The number of morpholine rings is 1. The monoisotopic (exact) mass is 407 g/mol. The molecule has 2 heterocycles. The molecule has 8 nitrogen and oxygen atoms in total. The first-order valence-corrected chi connectivity index (χ1v) is 10.5. The van der Waals surface area contributed by atoms with Gasteiger partial charge >= 0.3 is 0 Å². The largest absolute Gasteiger partial charge is 0.475 e. The van der Waals surface area contributed by atoms with Crippen LogP contribution in [0.25, 0.3) is 0 Å². The first-order chi connectivity index (χ1) is 14.1. The van der Waals surface area contributed by atoms with Crippen LogP contribution in [0.5, 0.6) is 5.88 Å². The number of pyridine rings is 1. The summed E-state index contributed by atoms with van der Waals surface area (Å²) in [7, 11) is 3.45. The van der Waals surface area contributed by atoms with E-state index in [9.17, 15) is 0 Å². The second-order valence-corrected chi connectivity index (χ2v) is 7.55. The fourth-order valence-electron chi connectivity index (χ4n) is 3.37. The molecule has 1 fully saturated rings. The fraction of sp³-hybridized carbons (Fsp3) is 0.714. The molecule has 1 aliphatic rings. The van der Waals surface area contributed by atoms with Gasteiger partial charge in [-0.2, -0.15) is 0 Å². The van der Waals surface area contributed by atoms with Gasteiger partial charge in [0.1, 0.15) is 6.61 Å². The van der Waals surface area contributed by atoms with E-state index in [4.69, 9.17) is 14.2 Å². The van der Waals surface area contributed by atoms with Crippen LogP contribution in [-0.4, -0.2) is 82.1 Å². The summed E-state index contributed by atoms with van der Waals surface area (Å²) in [6.07, 6.45) is 2.88. The summed E-state index contributed by atoms with van der Waals surface area (Å²) in [5.74, 6) is 2.04. The lowest BCUT2D eigenvalue weighted by Crippen LogP contribution is -2.51. The molecule has 0 spiro atoms. The van der Waals surface area contributed by atoms with Crippen LogP contribution in [0.4, 0.5) is 0 Å². The highest BCUT2D eigenvalue weighted by Gasteiger charge is 2.22. The summed E-state index contributed by atoms with van der Waals surface area (Å²) in [6, 6.07) is 4.38. The zero-order valence-corrected chi connectivity index (χ0v) is 18.3. The van der Waals surface area contributed by atoms with E-state index in [0.29, 0.717) is 37.6 Å². The first-order valence-electron chi connectivity index (χ1n) is 10.5. The smallest absolute Gasteiger partial charge is 0.218 e. The molecular weight excluding hydrogens is 370 g/mol. The SMILES string of the molecule is CN=C(NCc1cccnc1OCCOC)NCC(CC(C)C)N1CCOCC1. The minimum atomic E-state index is 0.462. The molecule has 1 aliphatic heterocycles. The van der Waals surface area contributed by atoms with E-state index >= 15 is 0 Å². The molecule has 1 aromatic heterocycles. The van der Waals surface area contributed by atoms with Gasteiger partial charge in [-0.25, -0.2) is 4.98 Å². The van der Waals surface area contributed by atoms with Gasteiger partial charge < -0.3 is 24.8 Å². The van der Waals surface area contributed by atoms with Crippen molar-refractivity contribution in [2.75, 3.05) is 60.2 Å². The Morgan fingerprint density at radius 1 is 1.28 bits per heavy atom. The van der Waals surface area contributed by atoms with Crippen molar-refractivity contribution in [3.8, 4) is 5.88 Å². The minimum absolute atomic E-state index is 0.462. The third-order valence-electron chi connectivity index (χ3n) is 4.86. The van der Waals surface area contributed by atoms with Gasteiger partial charge in [-0.15, -0.1) is 0 Å². The maximum atomic E-state index is 5.71. The first kappa shape index (κ1) is 23.4. The molecule has 2 N–H and O–H groups in total. The Bertz CT molecular complexity index is 606. The van der Waals surface area contributed by atoms with Gasteiger partial charge in [0.05, 0.1) is 19.8 Å². The van der Waals surface area contributed by atoms with E-state index in [1.165, 1.54) is 0 Å². The molecule has 0 bridgehead atoms. The summed E-state index contributed by atoms with van der Waals surface area (Å²) < 4.78 is 16.3. The predicted molar refractivity (Wildman–Crippen MR) is 115 cm³/mol. The fourth-order valence-corrected chi connectivity index (χ4v) is 3.37. The van der Waals surface area contributed by atoms with E-state index in [2.05, 4.69) is 39.4 Å². The van der Waals surface area contributed by atoms with Crippen LogP contribution in [0, 0.1) is 5.92 Å². The number of nitrogens with one attached hydrogen (secondary N) is 2. The van der Waals surface area contributed by atoms with Crippen LogP contribution in [0.3, 0.4) is 0 Å². The Kier molecular flexibility index (Phi) is 10.8. The molecule has 0 saturated carbocycles. The normalized spacial score (nSPS) is 16.7. The van der Waals surface area contributed by atoms with E-state index in [1.54, 1.807) is 20.4 Å². The number of aliphatic imine (C=N–C) groups is 1. The van der Waals surface area contributed by atoms with Crippen LogP contribution in [0.2, 0.25) is 0 Å². The predicted octanol–water partition coefficient (Wildman–Crippen LogP) is 1.52. The van der Waals surface area contributed by atoms with Crippen LogP contribution >= 0.6 is 0 Å². The van der Waals surface area contributed by atoms with Crippen LogP contribution in [0.15, 0.2) is 23.3 Å². The van der Waals surface area contributed by atoms with Gasteiger partial charge in [0.15, 0.2) is 5.96 Å². The van der Waals surface area contributed by atoms with E-state index < -0.39 is 0 Å². The average Bonchev–Trinajstić information content (AvgIpc) is 2.74. The number of rotatable bonds is 11. The molecule has 1 atom stereocenters. The number of guanidine groups is 1. The van der Waals surface area contributed by atoms with Gasteiger partial charge in [-0.3, -0.25) is 9.89 Å². The number of hydrogen-bond acceptors (Lipinski definition) is 6. The Balaban J connectivity index is 1.88. The lowest BCUT2D eigenvalue weighted by atomic mass is 10.0. The third-order valence-corrected chi connectivity index (χ3v) is 4.86. The van der Waals surface area contributed by atoms with Gasteiger partial charge in [0.2, 0.25) is 5.88 Å². The Morgan fingerprint density at radius 3 is 2.76 bits per heavy atom. The summed E-state index contributed by atoms with van der Waals surface area (Å²) in [5.41, 5.74) is 0.985. The van der Waals surface area contributed by atoms with Crippen molar-refractivity contribution >= 4 is 5.96 Å². The quantitative estimate of drug-likeness (QED) is 0.327. The molecule has 164 valence electrons. The summed E-state index contributed by atoms with van der Waals surface area (Å²) in [4.78, 5) is 11.2. The number of methoxy groups -OCH3 is 1. The third kappa shape index (κ3) is 8.55. The number of hydrogen-bond donors (Lipinski definition) is 2. The van der Waals surface area contributed by atoms with E-state index in [-0.39, 0.29) is 0 Å². The molecule has 1 saturated heterocycles. The highest BCUT2D eigenvalue weighted by molar-refractivity contribution is 5.79. The lowest BCUT2D eigenvalue weighted by molar-refractivity contribution is 0.0132. The Morgan fingerprint density at radius 2 is 2.07 bits per heavy atom. The molecule has 0 amide bonds. The highest BCUT2D eigenvalue weighted by atomic mass is 16.5. The molecule has 0 aromatic carbocycles. The molecule has 1 aromatic rings. The number of aromatic nitrogens is 1.